The smallest absolute Gasteiger partial charge is 0.0622 e. The molecule has 5 radical (unpaired) electrons. The summed E-state index contributed by atoms with van der Waals surface area (Å²) in [6, 6.07) is 62.0. The third-order valence-electron chi connectivity index (χ3n) is 30.9. The van der Waals surface area contributed by atoms with E-state index in [4.69, 9.17) is 0 Å². The molecule has 0 nitrogen and oxygen atoms in total. The van der Waals surface area contributed by atoms with Gasteiger partial charge in [0.25, 0.3) is 0 Å². The molecule has 93 heavy (non-hydrogen) atoms. The van der Waals surface area contributed by atoms with E-state index in [-0.39, 0.29) is 51.4 Å². The minimum atomic E-state index is -0.628. The predicted molar refractivity (Wildman–Crippen MR) is 375 cm³/mol. The molecule has 37 rings (SSSR count). The molecule has 26 aromatic carbocycles. The summed E-state index contributed by atoms with van der Waals surface area (Å²) in [4.78, 5) is 0. The van der Waals surface area contributed by atoms with Crippen molar-refractivity contribution in [2.75, 3.05) is 0 Å². The summed E-state index contributed by atoms with van der Waals surface area (Å²) in [5.74, 6) is 8.55. The van der Waals surface area contributed by atoms with Gasteiger partial charge in [0.15, 0.2) is 0 Å². The minimum Gasteiger partial charge on any atom is -0.0622 e. The Hall–Kier alpha value is -8.76. The van der Waals surface area contributed by atoms with Crippen molar-refractivity contribution in [3.63, 3.8) is 0 Å². The van der Waals surface area contributed by atoms with Crippen LogP contribution < -0.4 is 51.4 Å². The van der Waals surface area contributed by atoms with Gasteiger partial charge in [-0.05, 0) is 312 Å². The Kier molecular flexibility index (Phi) is 4.85. The summed E-state index contributed by atoms with van der Waals surface area (Å²) in [5, 5.41) is 65.5. The van der Waals surface area contributed by atoms with E-state index in [1.807, 2.05) is 0 Å². The van der Waals surface area contributed by atoms with Gasteiger partial charge in [0, 0.05) is 40.4 Å². The largest absolute Gasteiger partial charge is 1.00 e. The van der Waals surface area contributed by atoms with E-state index in [9.17, 15) is 0 Å². The molecule has 1 unspecified atom stereocenters. The Morgan fingerprint density at radius 3 is 0.548 bits per heavy atom. The van der Waals surface area contributed by atoms with Crippen LogP contribution in [0.15, 0.2) is 152 Å². The zero-order valence-corrected chi connectivity index (χ0v) is 52.5. The molecule has 0 heterocycles. The quantitative estimate of drug-likeness (QED) is 0.110. The van der Waals surface area contributed by atoms with Crippen LogP contribution in [-0.4, -0.2) is 0 Å². The molecule has 0 aromatic heterocycles. The van der Waals surface area contributed by atoms with Crippen molar-refractivity contribution < 1.29 is 51.4 Å². The molecule has 0 amide bonds. The predicted octanol–water partition coefficient (Wildman–Crippen LogP) is 18.2. The van der Waals surface area contributed by atoms with Crippen LogP contribution in [0.1, 0.15) is 83.5 Å². The first-order valence-corrected chi connectivity index (χ1v) is 34.2. The second-order valence-corrected chi connectivity index (χ2v) is 32.1. The van der Waals surface area contributed by atoms with Crippen LogP contribution in [0, 0.1) is 29.6 Å². The number of rotatable bonds is 7. The van der Waals surface area contributed by atoms with Crippen LogP contribution in [0.25, 0.3) is 215 Å². The number of hydrogen-bond acceptors (Lipinski definition) is 0. The second-order valence-electron chi connectivity index (χ2n) is 32.1. The molecule has 1 heteroatoms. The fourth-order valence-electron chi connectivity index (χ4n) is 30.4. The van der Waals surface area contributed by atoms with Crippen LogP contribution in [0.4, 0.5) is 0 Å². The van der Waals surface area contributed by atoms with Crippen LogP contribution >= 0.6 is 0 Å². The molecule has 0 saturated heterocycles. The maximum Gasteiger partial charge on any atom is 1.00 e. The fourth-order valence-corrected chi connectivity index (χ4v) is 30.4. The molecule has 11 aliphatic rings. The van der Waals surface area contributed by atoms with E-state index in [1.54, 1.807) is 301 Å². The van der Waals surface area contributed by atoms with E-state index in [1.165, 1.54) is 27.8 Å². The molecular weight excluding hydrogens is 1140 g/mol. The van der Waals surface area contributed by atoms with E-state index in [0.717, 1.165) is 12.8 Å². The Bertz CT molecular complexity index is 7830. The summed E-state index contributed by atoms with van der Waals surface area (Å²) in [6.45, 7) is 0. The number of benzene rings is 20. The maximum atomic E-state index is 2.66. The average Bonchev–Trinajstić information content (AvgIpc) is 1.37. The van der Waals surface area contributed by atoms with Crippen molar-refractivity contribution >= 4 is 215 Å². The molecule has 1 fully saturated rings. The molecule has 5 atom stereocenters. The van der Waals surface area contributed by atoms with Crippen molar-refractivity contribution in [2.45, 2.75) is 39.9 Å². The molecule has 11 aliphatic carbocycles. The van der Waals surface area contributed by atoms with Gasteiger partial charge >= 0.3 is 51.4 Å². The Balaban J connectivity index is 0.00000448. The average molecular weight is 1170 g/mol. The molecule has 1 saturated carbocycles. The summed E-state index contributed by atoms with van der Waals surface area (Å²) in [6.07, 6.45) is 1.85. The minimum absolute atomic E-state index is 0. The number of hydrogen-bond donors (Lipinski definition) is 0. The van der Waals surface area contributed by atoms with Crippen LogP contribution in [-0.2, 0) is 39.9 Å². The van der Waals surface area contributed by atoms with Gasteiger partial charge in [0.05, 0.1) is 16.2 Å². The second kappa shape index (κ2) is 10.8. The van der Waals surface area contributed by atoms with E-state index >= 15 is 0 Å². The standard InChI is InChI=1S/C92H29.K/c1-6-16-28(17-7-1)26-88-73-63-53-43-38-33-34-36-37-35(33)40-46-44(38)54(53)64-66-56(46)58-48(40)50-42(37)52-51-41(36)49-47-39(34)45(43)55-57(47)67-69-59(49)61(51)71-72-62(52)60(50)70-68(58)78-76(66)89(74(64)73,27-29-18-8-2-9-19-29)84-83(88)85-87-86(84)91(78,31-22-12-4-13-23-31)80(70)82(72)92(87,32-24-14-5-15-25-32)81(71)79(69)90(85,30-20-10-3-11-21-30)77(67)75(88)65(55)63;/h1-25H,26-27H2;/q;+1/t88-,89+,90-,91+,92?;. The molecule has 0 bridgehead atoms. The summed E-state index contributed by atoms with van der Waals surface area (Å²) in [5.41, 5.74) is 21.4. The third kappa shape index (κ3) is 2.72. The van der Waals surface area contributed by atoms with Gasteiger partial charge in [-0.2, -0.15) is 0 Å². The monoisotopic (exact) mass is 1170 g/mol. The van der Waals surface area contributed by atoms with Crippen LogP contribution in [0.5, 0.6) is 0 Å². The van der Waals surface area contributed by atoms with Gasteiger partial charge in [-0.3, -0.25) is 0 Å². The SMILES string of the molecule is [K+].c1ccc(C[C@]23[C]4[C]5[C]6[C]7[C]4[C@]4(c8ccccc8)c8c9c%10c%11c(c%12c%13c%14c(c%15c%16c%17c(c2c2c%18c3c4c3c8c4c%10c8c%10c%11c%13c%11c%13c%14c%16c%14c%16c%17c2c2c%17c%18c3c3c4c8c4c(c%10%11)c(c%14%13)c(c2%16)c4c%173)[C@@]5%15Cc2ccccc2)[C@@]6%12c2ccccc2)C79c2ccccc2)cc1. The van der Waals surface area contributed by atoms with Crippen molar-refractivity contribution in [3.8, 4) is 0 Å². The summed E-state index contributed by atoms with van der Waals surface area (Å²) >= 11 is 0. The molecule has 0 aliphatic heterocycles. The third-order valence-corrected chi connectivity index (χ3v) is 30.9. The normalized spacial score (nSPS) is 26.3. The van der Waals surface area contributed by atoms with Crippen molar-refractivity contribution in [3.05, 3.63) is 265 Å². The summed E-state index contributed by atoms with van der Waals surface area (Å²) < 4.78 is 0. The van der Waals surface area contributed by atoms with Crippen LogP contribution in [0.2, 0.25) is 0 Å². The fraction of sp³-hybridized carbons (Fsp3) is 0.0761. The van der Waals surface area contributed by atoms with E-state index in [0.29, 0.717) is 0 Å². The molecule has 0 spiro atoms. The first-order chi connectivity index (χ1) is 45.8. The van der Waals surface area contributed by atoms with E-state index < -0.39 is 27.1 Å². The Labute approximate surface area is 565 Å². The summed E-state index contributed by atoms with van der Waals surface area (Å²) in [7, 11) is 0. The Morgan fingerprint density at radius 1 is 0.161 bits per heavy atom. The topological polar surface area (TPSA) is 0 Å². The first kappa shape index (κ1) is 41.7. The molecule has 0 N–H and O–H groups in total. The Morgan fingerprint density at radius 2 is 0.323 bits per heavy atom. The van der Waals surface area contributed by atoms with Crippen molar-refractivity contribution in [1.29, 1.82) is 0 Å². The van der Waals surface area contributed by atoms with Gasteiger partial charge in [-0.25, -0.2) is 0 Å². The molecular formula is C92H29K+. The van der Waals surface area contributed by atoms with Crippen LogP contribution in [0.3, 0.4) is 0 Å². The van der Waals surface area contributed by atoms with E-state index in [2.05, 4.69) is 152 Å². The van der Waals surface area contributed by atoms with Crippen molar-refractivity contribution in [1.82, 2.24) is 0 Å². The van der Waals surface area contributed by atoms with Crippen molar-refractivity contribution in [2.24, 2.45) is 0 Å². The molecule has 397 valence electrons. The zero-order valence-electron chi connectivity index (χ0n) is 49.3. The van der Waals surface area contributed by atoms with Gasteiger partial charge in [-0.15, -0.1) is 0 Å². The van der Waals surface area contributed by atoms with Gasteiger partial charge in [0.2, 0.25) is 0 Å². The zero-order chi connectivity index (χ0) is 56.2. The van der Waals surface area contributed by atoms with Gasteiger partial charge < -0.3 is 0 Å². The first-order valence-electron chi connectivity index (χ1n) is 34.2. The molecule has 26 aromatic rings. The maximum absolute atomic E-state index is 2.66. The van der Waals surface area contributed by atoms with Gasteiger partial charge in [-0.1, -0.05) is 152 Å². The van der Waals surface area contributed by atoms with Gasteiger partial charge in [0.1, 0.15) is 0 Å².